The monoisotopic (exact) mass is 352 g/mol. The molecular weight excluding hydrogens is 339 g/mol. The number of rotatable bonds is 4. The minimum Gasteiger partial charge on any atom is -0.272 e. The summed E-state index contributed by atoms with van der Waals surface area (Å²) in [5, 5.41) is -0.493. The summed E-state index contributed by atoms with van der Waals surface area (Å²) in [4.78, 5) is 24.5. The molecule has 4 nitrogen and oxygen atoms in total. The zero-order valence-corrected chi connectivity index (χ0v) is 13.7. The lowest BCUT2D eigenvalue weighted by molar-refractivity contribution is -0.121. The normalized spacial score (nSPS) is 11.6. The Balaban J connectivity index is 1.87. The molecule has 0 fully saturated rings. The van der Waals surface area contributed by atoms with Crippen molar-refractivity contribution in [1.29, 1.82) is 0 Å². The van der Waals surface area contributed by atoms with Gasteiger partial charge in [-0.3, -0.25) is 20.4 Å². The Labute approximate surface area is 142 Å². The molecule has 2 amide bonds. The first-order valence-corrected chi connectivity index (χ1v) is 8.00. The van der Waals surface area contributed by atoms with Crippen molar-refractivity contribution < 1.29 is 14.0 Å². The molecule has 23 heavy (non-hydrogen) atoms. The van der Waals surface area contributed by atoms with E-state index in [9.17, 15) is 14.0 Å². The van der Waals surface area contributed by atoms with Crippen molar-refractivity contribution in [3.63, 3.8) is 0 Å². The number of benzene rings is 2. The molecule has 0 aliphatic rings. The minimum atomic E-state index is -0.511. The summed E-state index contributed by atoms with van der Waals surface area (Å²) in [7, 11) is 0. The third-order valence-corrected chi connectivity index (χ3v) is 4.29. The van der Waals surface area contributed by atoms with Crippen molar-refractivity contribution in [3.8, 4) is 0 Å². The van der Waals surface area contributed by atoms with Crippen molar-refractivity contribution in [3.05, 3.63) is 64.9 Å². The van der Waals surface area contributed by atoms with Crippen LogP contribution >= 0.6 is 23.4 Å². The van der Waals surface area contributed by atoms with Gasteiger partial charge in [-0.15, -0.1) is 11.8 Å². The average molecular weight is 353 g/mol. The van der Waals surface area contributed by atoms with Crippen LogP contribution in [0.1, 0.15) is 17.3 Å². The smallest absolute Gasteiger partial charge is 0.269 e. The molecule has 2 aromatic rings. The molecule has 0 aliphatic carbocycles. The van der Waals surface area contributed by atoms with Gasteiger partial charge in [0.2, 0.25) is 0 Å². The molecule has 0 spiro atoms. The van der Waals surface area contributed by atoms with Gasteiger partial charge in [0.1, 0.15) is 5.82 Å². The van der Waals surface area contributed by atoms with E-state index in [1.54, 1.807) is 37.3 Å². The van der Waals surface area contributed by atoms with Gasteiger partial charge in [-0.25, -0.2) is 4.39 Å². The van der Waals surface area contributed by atoms with E-state index in [0.717, 1.165) is 0 Å². The lowest BCUT2D eigenvalue weighted by Gasteiger charge is -2.13. The van der Waals surface area contributed by atoms with Crippen LogP contribution in [0.15, 0.2) is 53.4 Å². The van der Waals surface area contributed by atoms with Crippen LogP contribution in [0.25, 0.3) is 0 Å². The van der Waals surface area contributed by atoms with Gasteiger partial charge in [-0.1, -0.05) is 29.8 Å². The van der Waals surface area contributed by atoms with Crippen LogP contribution < -0.4 is 10.9 Å². The Bertz CT molecular complexity index is 712. The first kappa shape index (κ1) is 17.3. The minimum absolute atomic E-state index is 0.0000106. The summed E-state index contributed by atoms with van der Waals surface area (Å²) in [6.07, 6.45) is 0. The Morgan fingerprint density at radius 1 is 1.13 bits per heavy atom. The molecule has 120 valence electrons. The largest absolute Gasteiger partial charge is 0.272 e. The third-order valence-electron chi connectivity index (χ3n) is 2.91. The highest BCUT2D eigenvalue weighted by atomic mass is 35.5. The fourth-order valence-corrected chi connectivity index (χ4v) is 2.84. The maximum absolute atomic E-state index is 13.1. The molecule has 0 bridgehead atoms. The molecule has 0 unspecified atom stereocenters. The van der Waals surface area contributed by atoms with Crippen molar-refractivity contribution in [1.82, 2.24) is 10.9 Å². The fraction of sp³-hybridized carbons (Fsp3) is 0.125. The van der Waals surface area contributed by atoms with E-state index in [2.05, 4.69) is 10.9 Å². The number of carbonyl (C=O) groups is 2. The van der Waals surface area contributed by atoms with Crippen molar-refractivity contribution in [2.75, 3.05) is 0 Å². The number of hydrogen-bond acceptors (Lipinski definition) is 3. The molecule has 0 heterocycles. The number of thioether (sulfide) groups is 1. The summed E-state index contributed by atoms with van der Waals surface area (Å²) < 4.78 is 13.1. The standard InChI is InChI=1S/C16H14ClFN2O2S/c1-10(23-12-7-8-14(18)13(17)9-12)15(21)19-20-16(22)11-5-3-2-4-6-11/h2-10H,1H3,(H,19,21)(H,20,22)/t10-/m1/s1. The molecule has 2 rings (SSSR count). The van der Waals surface area contributed by atoms with Crippen molar-refractivity contribution in [2.24, 2.45) is 0 Å². The van der Waals surface area contributed by atoms with Gasteiger partial charge in [0.15, 0.2) is 0 Å². The van der Waals surface area contributed by atoms with Crippen molar-refractivity contribution >= 4 is 35.2 Å². The first-order valence-electron chi connectivity index (χ1n) is 6.74. The van der Waals surface area contributed by atoms with Crippen LogP contribution in [0.4, 0.5) is 4.39 Å². The van der Waals surface area contributed by atoms with Crippen LogP contribution in [0, 0.1) is 5.82 Å². The molecule has 7 heteroatoms. The highest BCUT2D eigenvalue weighted by Gasteiger charge is 2.16. The van der Waals surface area contributed by atoms with Gasteiger partial charge in [0, 0.05) is 10.5 Å². The second-order valence-electron chi connectivity index (χ2n) is 4.65. The molecule has 0 radical (unpaired) electrons. The maximum atomic E-state index is 13.1. The number of amides is 2. The number of carbonyl (C=O) groups excluding carboxylic acids is 2. The van der Waals surface area contributed by atoms with E-state index >= 15 is 0 Å². The summed E-state index contributed by atoms with van der Waals surface area (Å²) in [5.41, 5.74) is 5.15. The second kappa shape index (κ2) is 7.99. The molecule has 2 N–H and O–H groups in total. The third kappa shape index (κ3) is 4.97. The van der Waals surface area contributed by atoms with Crippen molar-refractivity contribution in [2.45, 2.75) is 17.1 Å². The molecule has 0 saturated carbocycles. The maximum Gasteiger partial charge on any atom is 0.269 e. The number of hydrazine groups is 1. The zero-order chi connectivity index (χ0) is 16.8. The van der Waals surface area contributed by atoms with Crippen LogP contribution in [0.3, 0.4) is 0 Å². The summed E-state index contributed by atoms with van der Waals surface area (Å²) in [5.74, 6) is -1.29. The zero-order valence-electron chi connectivity index (χ0n) is 12.2. The molecule has 2 aromatic carbocycles. The number of nitrogens with one attached hydrogen (secondary N) is 2. The highest BCUT2D eigenvalue weighted by molar-refractivity contribution is 8.00. The average Bonchev–Trinajstić information content (AvgIpc) is 2.56. The van der Waals surface area contributed by atoms with E-state index in [1.807, 2.05) is 0 Å². The topological polar surface area (TPSA) is 58.2 Å². The van der Waals surface area contributed by atoms with Crippen LogP contribution in [-0.4, -0.2) is 17.1 Å². The molecular formula is C16H14ClFN2O2S. The van der Waals surface area contributed by atoms with E-state index in [1.165, 1.54) is 30.0 Å². The summed E-state index contributed by atoms with van der Waals surface area (Å²) >= 11 is 6.91. The number of hydrogen-bond donors (Lipinski definition) is 2. The summed E-state index contributed by atoms with van der Waals surface area (Å²) in [6.45, 7) is 1.67. The summed E-state index contributed by atoms with van der Waals surface area (Å²) in [6, 6.07) is 12.8. The van der Waals surface area contributed by atoms with Gasteiger partial charge in [0.25, 0.3) is 11.8 Å². The van der Waals surface area contributed by atoms with Gasteiger partial charge in [-0.05, 0) is 37.3 Å². The van der Waals surface area contributed by atoms with E-state index < -0.39 is 17.0 Å². The lowest BCUT2D eigenvalue weighted by atomic mass is 10.2. The molecule has 1 atom stereocenters. The highest BCUT2D eigenvalue weighted by Crippen LogP contribution is 2.27. The van der Waals surface area contributed by atoms with E-state index in [-0.39, 0.29) is 10.9 Å². The van der Waals surface area contributed by atoms with Crippen LogP contribution in [0.5, 0.6) is 0 Å². The van der Waals surface area contributed by atoms with E-state index in [4.69, 9.17) is 11.6 Å². The Kier molecular flexibility index (Phi) is 6.01. The van der Waals surface area contributed by atoms with Gasteiger partial charge in [-0.2, -0.15) is 0 Å². The van der Waals surface area contributed by atoms with Gasteiger partial charge in [0.05, 0.1) is 10.3 Å². The van der Waals surface area contributed by atoms with Crippen LogP contribution in [-0.2, 0) is 4.79 Å². The van der Waals surface area contributed by atoms with Gasteiger partial charge >= 0.3 is 0 Å². The Morgan fingerprint density at radius 2 is 1.83 bits per heavy atom. The first-order chi connectivity index (χ1) is 11.0. The molecule has 0 saturated heterocycles. The fourth-order valence-electron chi connectivity index (χ4n) is 1.69. The lowest BCUT2D eigenvalue weighted by Crippen LogP contribution is -2.44. The second-order valence-corrected chi connectivity index (χ2v) is 6.47. The Hall–Kier alpha value is -2.05. The molecule has 0 aromatic heterocycles. The Morgan fingerprint density at radius 3 is 2.48 bits per heavy atom. The molecule has 0 aliphatic heterocycles. The van der Waals surface area contributed by atoms with Gasteiger partial charge < -0.3 is 0 Å². The quantitative estimate of drug-likeness (QED) is 0.654. The predicted molar refractivity (Wildman–Crippen MR) is 88.8 cm³/mol. The SMILES string of the molecule is C[C@@H](Sc1ccc(F)c(Cl)c1)C(=O)NNC(=O)c1ccccc1. The number of halogens is 2. The van der Waals surface area contributed by atoms with Crippen LogP contribution in [0.2, 0.25) is 5.02 Å². The van der Waals surface area contributed by atoms with E-state index in [0.29, 0.717) is 10.5 Å². The predicted octanol–water partition coefficient (Wildman–Crippen LogP) is 3.42.